The third-order valence-electron chi connectivity index (χ3n) is 3.91. The number of rotatable bonds is 7. The standard InChI is InChI=1S/C16H25NO3/c1-12(15-8-7-14(19-2)11-16(15)18)17-9-10-20-13-5-3-4-6-13/h7-8,11-13,17-18H,3-6,9-10H2,1-2H3. The van der Waals surface area contributed by atoms with Crippen molar-refractivity contribution in [1.82, 2.24) is 5.32 Å². The van der Waals surface area contributed by atoms with Crippen LogP contribution in [0.4, 0.5) is 0 Å². The fourth-order valence-corrected chi connectivity index (χ4v) is 2.68. The lowest BCUT2D eigenvalue weighted by Crippen LogP contribution is -2.25. The number of phenols is 1. The van der Waals surface area contributed by atoms with Gasteiger partial charge in [-0.15, -0.1) is 0 Å². The third-order valence-corrected chi connectivity index (χ3v) is 3.91. The highest BCUT2D eigenvalue weighted by atomic mass is 16.5. The van der Waals surface area contributed by atoms with Crippen molar-refractivity contribution >= 4 is 0 Å². The van der Waals surface area contributed by atoms with E-state index in [1.165, 1.54) is 25.7 Å². The zero-order valence-corrected chi connectivity index (χ0v) is 12.4. The first-order valence-corrected chi connectivity index (χ1v) is 7.42. The lowest BCUT2D eigenvalue weighted by molar-refractivity contribution is 0.0593. The number of aromatic hydroxyl groups is 1. The van der Waals surface area contributed by atoms with E-state index >= 15 is 0 Å². The smallest absolute Gasteiger partial charge is 0.124 e. The maximum Gasteiger partial charge on any atom is 0.124 e. The Morgan fingerprint density at radius 3 is 2.75 bits per heavy atom. The Balaban J connectivity index is 1.74. The van der Waals surface area contributed by atoms with Crippen LogP contribution in [-0.4, -0.2) is 31.5 Å². The summed E-state index contributed by atoms with van der Waals surface area (Å²) < 4.78 is 10.9. The maximum atomic E-state index is 9.97. The molecule has 1 aromatic carbocycles. The molecule has 2 N–H and O–H groups in total. The molecule has 4 nitrogen and oxygen atoms in total. The van der Waals surface area contributed by atoms with Crippen molar-refractivity contribution in [3.05, 3.63) is 23.8 Å². The predicted octanol–water partition coefficient (Wildman–Crippen LogP) is 3.01. The summed E-state index contributed by atoms with van der Waals surface area (Å²) in [6, 6.07) is 5.49. The molecule has 1 saturated carbocycles. The molecule has 0 heterocycles. The molecule has 1 fully saturated rings. The van der Waals surface area contributed by atoms with Crippen molar-refractivity contribution in [2.75, 3.05) is 20.3 Å². The van der Waals surface area contributed by atoms with Crippen LogP contribution < -0.4 is 10.1 Å². The van der Waals surface area contributed by atoms with Crippen LogP contribution in [-0.2, 0) is 4.74 Å². The number of ether oxygens (including phenoxy) is 2. The van der Waals surface area contributed by atoms with E-state index in [2.05, 4.69) is 5.32 Å². The third kappa shape index (κ3) is 4.12. The lowest BCUT2D eigenvalue weighted by Gasteiger charge is -2.17. The molecular weight excluding hydrogens is 254 g/mol. The van der Waals surface area contributed by atoms with Crippen molar-refractivity contribution in [1.29, 1.82) is 0 Å². The Bertz CT molecular complexity index is 416. The van der Waals surface area contributed by atoms with Crippen molar-refractivity contribution in [2.24, 2.45) is 0 Å². The number of nitrogens with one attached hydrogen (secondary N) is 1. The van der Waals surface area contributed by atoms with Gasteiger partial charge in [0.05, 0.1) is 19.8 Å². The summed E-state index contributed by atoms with van der Waals surface area (Å²) in [7, 11) is 1.59. The fraction of sp³-hybridized carbons (Fsp3) is 0.625. The molecule has 0 spiro atoms. The minimum Gasteiger partial charge on any atom is -0.507 e. The van der Waals surface area contributed by atoms with Gasteiger partial charge in [0.15, 0.2) is 0 Å². The van der Waals surface area contributed by atoms with Crippen LogP contribution >= 0.6 is 0 Å². The second-order valence-electron chi connectivity index (χ2n) is 5.38. The summed E-state index contributed by atoms with van der Waals surface area (Å²) in [5.74, 6) is 0.934. The van der Waals surface area contributed by atoms with Gasteiger partial charge >= 0.3 is 0 Å². The minimum atomic E-state index is 0.0908. The van der Waals surface area contributed by atoms with Gasteiger partial charge in [0, 0.05) is 24.2 Å². The highest BCUT2D eigenvalue weighted by Gasteiger charge is 2.15. The Morgan fingerprint density at radius 2 is 2.10 bits per heavy atom. The summed E-state index contributed by atoms with van der Waals surface area (Å²) in [5, 5.41) is 13.3. The van der Waals surface area contributed by atoms with Crippen molar-refractivity contribution in [3.8, 4) is 11.5 Å². The van der Waals surface area contributed by atoms with E-state index in [-0.39, 0.29) is 11.8 Å². The number of benzene rings is 1. The van der Waals surface area contributed by atoms with Crippen molar-refractivity contribution < 1.29 is 14.6 Å². The van der Waals surface area contributed by atoms with Crippen LogP contribution in [0.3, 0.4) is 0 Å². The molecule has 0 amide bonds. The molecule has 0 saturated heterocycles. The first-order chi connectivity index (χ1) is 9.70. The van der Waals surface area contributed by atoms with Gasteiger partial charge < -0.3 is 19.9 Å². The summed E-state index contributed by atoms with van der Waals surface area (Å²) in [4.78, 5) is 0. The summed E-state index contributed by atoms with van der Waals surface area (Å²) in [6.07, 6.45) is 5.47. The van der Waals surface area contributed by atoms with E-state index in [1.807, 2.05) is 19.1 Å². The van der Waals surface area contributed by atoms with Crippen LogP contribution in [0.25, 0.3) is 0 Å². The molecule has 1 aromatic rings. The Morgan fingerprint density at radius 1 is 1.35 bits per heavy atom. The zero-order chi connectivity index (χ0) is 14.4. The van der Waals surface area contributed by atoms with E-state index in [9.17, 15) is 5.11 Å². The Labute approximate surface area is 121 Å². The largest absolute Gasteiger partial charge is 0.507 e. The van der Waals surface area contributed by atoms with E-state index in [1.54, 1.807) is 13.2 Å². The lowest BCUT2D eigenvalue weighted by atomic mass is 10.1. The maximum absolute atomic E-state index is 9.97. The molecule has 0 radical (unpaired) electrons. The Hall–Kier alpha value is -1.26. The first-order valence-electron chi connectivity index (χ1n) is 7.42. The van der Waals surface area contributed by atoms with Gasteiger partial charge in [0.1, 0.15) is 11.5 Å². The predicted molar refractivity (Wildman–Crippen MR) is 79.3 cm³/mol. The van der Waals surface area contributed by atoms with Gasteiger partial charge in [0.2, 0.25) is 0 Å². The molecule has 2 rings (SSSR count). The molecule has 4 heteroatoms. The molecule has 1 aliphatic carbocycles. The van der Waals surface area contributed by atoms with Crippen LogP contribution in [0.1, 0.15) is 44.2 Å². The van der Waals surface area contributed by atoms with Crippen LogP contribution in [0.5, 0.6) is 11.5 Å². The molecule has 1 unspecified atom stereocenters. The highest BCUT2D eigenvalue weighted by molar-refractivity contribution is 5.41. The minimum absolute atomic E-state index is 0.0908. The molecule has 0 aliphatic heterocycles. The summed E-state index contributed by atoms with van der Waals surface area (Å²) >= 11 is 0. The van der Waals surface area contributed by atoms with E-state index < -0.39 is 0 Å². The molecule has 1 atom stereocenters. The molecule has 0 bridgehead atoms. The second kappa shape index (κ2) is 7.50. The summed E-state index contributed by atoms with van der Waals surface area (Å²) in [6.45, 7) is 3.56. The second-order valence-corrected chi connectivity index (χ2v) is 5.38. The number of hydrogen-bond acceptors (Lipinski definition) is 4. The number of methoxy groups -OCH3 is 1. The fourth-order valence-electron chi connectivity index (χ4n) is 2.68. The average molecular weight is 279 g/mol. The zero-order valence-electron chi connectivity index (χ0n) is 12.4. The van der Waals surface area contributed by atoms with Gasteiger partial charge in [0.25, 0.3) is 0 Å². The van der Waals surface area contributed by atoms with Crippen LogP contribution in [0, 0.1) is 0 Å². The quantitative estimate of drug-likeness (QED) is 0.753. The average Bonchev–Trinajstić information content (AvgIpc) is 2.96. The van der Waals surface area contributed by atoms with Crippen molar-refractivity contribution in [2.45, 2.75) is 44.8 Å². The number of phenolic OH excluding ortho intramolecular Hbond substituents is 1. The van der Waals surface area contributed by atoms with Gasteiger partial charge in [-0.1, -0.05) is 18.9 Å². The Kier molecular flexibility index (Phi) is 5.68. The van der Waals surface area contributed by atoms with E-state index in [0.717, 1.165) is 18.7 Å². The highest BCUT2D eigenvalue weighted by Crippen LogP contribution is 2.28. The number of hydrogen-bond donors (Lipinski definition) is 2. The SMILES string of the molecule is COc1ccc(C(C)NCCOC2CCCC2)c(O)c1. The first kappa shape index (κ1) is 15.1. The van der Waals surface area contributed by atoms with Crippen molar-refractivity contribution in [3.63, 3.8) is 0 Å². The van der Waals surface area contributed by atoms with Gasteiger partial charge in [-0.25, -0.2) is 0 Å². The van der Waals surface area contributed by atoms with Crippen LogP contribution in [0.2, 0.25) is 0 Å². The molecule has 1 aliphatic rings. The van der Waals surface area contributed by atoms with E-state index in [4.69, 9.17) is 9.47 Å². The van der Waals surface area contributed by atoms with Gasteiger partial charge in [-0.2, -0.15) is 0 Å². The van der Waals surface area contributed by atoms with Crippen LogP contribution in [0.15, 0.2) is 18.2 Å². The molecular formula is C16H25NO3. The normalized spacial score (nSPS) is 17.3. The summed E-state index contributed by atoms with van der Waals surface area (Å²) in [5.41, 5.74) is 0.881. The molecule has 112 valence electrons. The van der Waals surface area contributed by atoms with Gasteiger partial charge in [-0.05, 0) is 25.8 Å². The van der Waals surface area contributed by atoms with E-state index in [0.29, 0.717) is 11.9 Å². The molecule has 0 aromatic heterocycles. The molecule has 20 heavy (non-hydrogen) atoms. The van der Waals surface area contributed by atoms with Gasteiger partial charge in [-0.3, -0.25) is 0 Å². The monoisotopic (exact) mass is 279 g/mol. The topological polar surface area (TPSA) is 50.7 Å².